The SMILES string of the molecule is CC(C)(C)c1ccc2c(c1)C(=N)N(CC(=O)c1cc(OCCCC(N)=O)c(O)c(C(C)(C)C)c1)C2. The van der Waals surface area contributed by atoms with Crippen LogP contribution in [0.15, 0.2) is 30.3 Å². The summed E-state index contributed by atoms with van der Waals surface area (Å²) < 4.78 is 5.73. The lowest BCUT2D eigenvalue weighted by molar-refractivity contribution is -0.118. The molecule has 2 aromatic rings. The van der Waals surface area contributed by atoms with Gasteiger partial charge in [0.1, 0.15) is 5.84 Å². The highest BCUT2D eigenvalue weighted by Crippen LogP contribution is 2.39. The van der Waals surface area contributed by atoms with Crippen LogP contribution in [-0.2, 0) is 22.2 Å². The van der Waals surface area contributed by atoms with E-state index in [2.05, 4.69) is 32.9 Å². The van der Waals surface area contributed by atoms with Crippen molar-refractivity contribution in [2.24, 2.45) is 5.73 Å². The zero-order valence-electron chi connectivity index (χ0n) is 21.6. The zero-order valence-corrected chi connectivity index (χ0v) is 21.6. The first-order chi connectivity index (χ1) is 16.2. The summed E-state index contributed by atoms with van der Waals surface area (Å²) in [5.74, 6) is -0.0342. The van der Waals surface area contributed by atoms with Gasteiger partial charge in [0.25, 0.3) is 0 Å². The monoisotopic (exact) mass is 479 g/mol. The summed E-state index contributed by atoms with van der Waals surface area (Å²) in [7, 11) is 0. The van der Waals surface area contributed by atoms with Crippen LogP contribution in [0.25, 0.3) is 0 Å². The number of primary amides is 1. The number of phenolic OH excluding ortho intramolecular Hbond substituents is 1. The van der Waals surface area contributed by atoms with Crippen molar-refractivity contribution < 1.29 is 19.4 Å². The summed E-state index contributed by atoms with van der Waals surface area (Å²) in [5, 5.41) is 19.5. The Morgan fingerprint density at radius 1 is 1.09 bits per heavy atom. The maximum atomic E-state index is 13.3. The van der Waals surface area contributed by atoms with Gasteiger partial charge in [0.15, 0.2) is 17.3 Å². The molecule has 1 aliphatic rings. The number of benzene rings is 2. The lowest BCUT2D eigenvalue weighted by Crippen LogP contribution is -2.30. The number of fused-ring (bicyclic) bond motifs is 1. The number of amidine groups is 1. The highest BCUT2D eigenvalue weighted by atomic mass is 16.5. The smallest absolute Gasteiger partial charge is 0.217 e. The lowest BCUT2D eigenvalue weighted by Gasteiger charge is -2.24. The Morgan fingerprint density at radius 3 is 2.37 bits per heavy atom. The number of nitrogens with zero attached hydrogens (tertiary/aromatic N) is 1. The summed E-state index contributed by atoms with van der Waals surface area (Å²) in [6.45, 7) is 13.0. The van der Waals surface area contributed by atoms with E-state index in [0.29, 0.717) is 29.9 Å². The fraction of sp³-hybridized carbons (Fsp3) is 0.464. The molecular weight excluding hydrogens is 442 g/mol. The number of nitrogens with two attached hydrogens (primary N) is 1. The Balaban J connectivity index is 1.83. The molecule has 2 aromatic carbocycles. The molecule has 0 aromatic heterocycles. The van der Waals surface area contributed by atoms with Gasteiger partial charge in [-0.3, -0.25) is 15.0 Å². The first-order valence-corrected chi connectivity index (χ1v) is 12.0. The number of amides is 1. The second-order valence-electron chi connectivity index (χ2n) is 11.3. The van der Waals surface area contributed by atoms with E-state index in [4.69, 9.17) is 15.9 Å². The number of rotatable bonds is 8. The van der Waals surface area contributed by atoms with Gasteiger partial charge >= 0.3 is 0 Å². The summed E-state index contributed by atoms with van der Waals surface area (Å²) in [6, 6.07) is 9.44. The average Bonchev–Trinajstić information content (AvgIpc) is 3.05. The molecule has 3 rings (SSSR count). The van der Waals surface area contributed by atoms with Crippen LogP contribution >= 0.6 is 0 Å². The van der Waals surface area contributed by atoms with Gasteiger partial charge in [0.05, 0.1) is 13.2 Å². The second kappa shape index (κ2) is 9.72. The van der Waals surface area contributed by atoms with Crippen molar-refractivity contribution in [2.45, 2.75) is 71.8 Å². The number of carbonyl (C=O) groups is 2. The standard InChI is InChI=1S/C28H37N3O4/c1-27(2,3)19-10-9-17-15-31(26(30)20(17)14-19)16-22(32)18-12-21(28(4,5)6)25(34)23(13-18)35-11-7-8-24(29)33/h9-10,12-14,30,34H,7-8,11,15-16H2,1-6H3,(H2,29,33). The van der Waals surface area contributed by atoms with Gasteiger partial charge in [0, 0.05) is 29.7 Å². The predicted molar refractivity (Wildman–Crippen MR) is 137 cm³/mol. The van der Waals surface area contributed by atoms with E-state index < -0.39 is 11.3 Å². The number of carbonyl (C=O) groups excluding carboxylic acids is 2. The molecule has 1 amide bonds. The molecule has 0 fully saturated rings. The van der Waals surface area contributed by atoms with Crippen LogP contribution in [0.2, 0.25) is 0 Å². The van der Waals surface area contributed by atoms with Crippen molar-refractivity contribution in [1.82, 2.24) is 4.90 Å². The zero-order chi connectivity index (χ0) is 26.1. The van der Waals surface area contributed by atoms with Gasteiger partial charge < -0.3 is 20.5 Å². The van der Waals surface area contributed by atoms with E-state index in [1.807, 2.05) is 26.8 Å². The summed E-state index contributed by atoms with van der Waals surface area (Å²) in [4.78, 5) is 26.1. The maximum Gasteiger partial charge on any atom is 0.217 e. The molecule has 7 heteroatoms. The van der Waals surface area contributed by atoms with E-state index in [1.165, 1.54) is 0 Å². The van der Waals surface area contributed by atoms with Gasteiger partial charge in [-0.1, -0.05) is 53.7 Å². The minimum absolute atomic E-state index is 0.0100. The molecule has 188 valence electrons. The average molecular weight is 480 g/mol. The molecule has 0 aliphatic carbocycles. The van der Waals surface area contributed by atoms with Crippen LogP contribution in [0.3, 0.4) is 0 Å². The van der Waals surface area contributed by atoms with E-state index in [9.17, 15) is 14.7 Å². The number of ketones is 1. The van der Waals surface area contributed by atoms with Gasteiger partial charge in [-0.25, -0.2) is 0 Å². The third kappa shape index (κ3) is 6.02. The van der Waals surface area contributed by atoms with E-state index in [-0.39, 0.29) is 42.3 Å². The molecule has 4 N–H and O–H groups in total. The molecule has 0 saturated carbocycles. The topological polar surface area (TPSA) is 117 Å². The van der Waals surface area contributed by atoms with Crippen LogP contribution < -0.4 is 10.5 Å². The third-order valence-corrected chi connectivity index (χ3v) is 6.27. The molecule has 0 spiro atoms. The van der Waals surface area contributed by atoms with Crippen molar-refractivity contribution >= 4 is 17.5 Å². The highest BCUT2D eigenvalue weighted by Gasteiger charge is 2.29. The van der Waals surface area contributed by atoms with Crippen LogP contribution in [0.4, 0.5) is 0 Å². The Labute approximate surface area is 207 Å². The molecule has 1 heterocycles. The Hall–Kier alpha value is -3.35. The minimum atomic E-state index is -0.425. The first-order valence-electron chi connectivity index (χ1n) is 12.0. The largest absolute Gasteiger partial charge is 0.504 e. The summed E-state index contributed by atoms with van der Waals surface area (Å²) >= 11 is 0. The number of hydrogen-bond acceptors (Lipinski definition) is 5. The van der Waals surface area contributed by atoms with E-state index in [0.717, 1.165) is 16.7 Å². The molecule has 7 nitrogen and oxygen atoms in total. The number of aromatic hydroxyl groups is 1. The highest BCUT2D eigenvalue weighted by molar-refractivity contribution is 6.05. The second-order valence-corrected chi connectivity index (χ2v) is 11.3. The fourth-order valence-corrected chi connectivity index (χ4v) is 4.14. The molecule has 1 aliphatic heterocycles. The Bertz CT molecular complexity index is 1160. The van der Waals surface area contributed by atoms with Crippen LogP contribution in [0, 0.1) is 5.41 Å². The Morgan fingerprint density at radius 2 is 1.77 bits per heavy atom. The number of nitrogens with one attached hydrogen (secondary N) is 1. The summed E-state index contributed by atoms with van der Waals surface area (Å²) in [5.41, 5.74) is 8.81. The van der Waals surface area contributed by atoms with Crippen molar-refractivity contribution in [3.05, 3.63) is 58.1 Å². The van der Waals surface area contributed by atoms with E-state index in [1.54, 1.807) is 17.0 Å². The maximum absolute atomic E-state index is 13.3. The van der Waals surface area contributed by atoms with Gasteiger partial charge in [-0.15, -0.1) is 0 Å². The third-order valence-electron chi connectivity index (χ3n) is 6.27. The minimum Gasteiger partial charge on any atom is -0.504 e. The van der Waals surface area contributed by atoms with Crippen molar-refractivity contribution in [3.63, 3.8) is 0 Å². The lowest BCUT2D eigenvalue weighted by atomic mass is 9.84. The number of Topliss-reactive ketones (excluding diaryl/α,β-unsaturated/α-hetero) is 1. The normalized spacial score (nSPS) is 13.7. The quantitative estimate of drug-likeness (QED) is 0.376. The van der Waals surface area contributed by atoms with Gasteiger partial charge in [0.2, 0.25) is 5.91 Å². The van der Waals surface area contributed by atoms with Crippen LogP contribution in [0.5, 0.6) is 11.5 Å². The van der Waals surface area contributed by atoms with Crippen molar-refractivity contribution in [3.8, 4) is 11.5 Å². The molecular formula is C28H37N3O4. The van der Waals surface area contributed by atoms with Crippen LogP contribution in [0.1, 0.15) is 87.0 Å². The summed E-state index contributed by atoms with van der Waals surface area (Å²) in [6.07, 6.45) is 0.595. The molecule has 0 bridgehead atoms. The van der Waals surface area contributed by atoms with Crippen molar-refractivity contribution in [1.29, 1.82) is 5.41 Å². The molecule has 0 radical (unpaired) electrons. The predicted octanol–water partition coefficient (Wildman–Crippen LogP) is 4.66. The van der Waals surface area contributed by atoms with Crippen LogP contribution in [-0.4, -0.2) is 40.7 Å². The molecule has 35 heavy (non-hydrogen) atoms. The van der Waals surface area contributed by atoms with Gasteiger partial charge in [-0.2, -0.15) is 0 Å². The van der Waals surface area contributed by atoms with E-state index >= 15 is 0 Å². The van der Waals surface area contributed by atoms with Gasteiger partial charge in [-0.05, 0) is 46.6 Å². The molecule has 0 atom stereocenters. The number of ether oxygens (including phenoxy) is 1. The Kier molecular flexibility index (Phi) is 7.29. The first kappa shape index (κ1) is 26.3. The molecule has 0 saturated heterocycles. The van der Waals surface area contributed by atoms with Crippen molar-refractivity contribution in [2.75, 3.05) is 13.2 Å². The molecule has 0 unspecified atom stereocenters. The number of hydrogen-bond donors (Lipinski definition) is 3. The number of phenols is 1. The fourth-order valence-electron chi connectivity index (χ4n) is 4.14.